The van der Waals surface area contributed by atoms with Crippen LogP contribution in [0.15, 0.2) is 18.2 Å². The topological polar surface area (TPSA) is 47.3 Å². The fraction of sp³-hybridized carbons (Fsp3) is 0.571. The van der Waals surface area contributed by atoms with Gasteiger partial charge >= 0.3 is 0 Å². The molecular formula is C14H23FN2O. The van der Waals surface area contributed by atoms with Crippen LogP contribution in [0, 0.1) is 12.7 Å². The van der Waals surface area contributed by atoms with Crippen LogP contribution in [0.2, 0.25) is 0 Å². The lowest BCUT2D eigenvalue weighted by atomic mass is 9.84. The van der Waals surface area contributed by atoms with E-state index < -0.39 is 5.60 Å². The minimum atomic E-state index is -0.420. The lowest BCUT2D eigenvalue weighted by Gasteiger charge is -2.38. The van der Waals surface area contributed by atoms with Gasteiger partial charge in [-0.2, -0.15) is 0 Å². The van der Waals surface area contributed by atoms with Crippen molar-refractivity contribution in [1.29, 1.82) is 0 Å². The van der Waals surface area contributed by atoms with Gasteiger partial charge in [0.05, 0.1) is 11.6 Å². The van der Waals surface area contributed by atoms with Crippen LogP contribution in [-0.2, 0) is 4.74 Å². The Kier molecular flexibility index (Phi) is 5.26. The lowest BCUT2D eigenvalue weighted by Crippen LogP contribution is -2.47. The molecule has 1 unspecified atom stereocenters. The summed E-state index contributed by atoms with van der Waals surface area (Å²) >= 11 is 0. The number of aryl methyl sites for hydroxylation is 1. The Morgan fingerprint density at radius 3 is 2.39 bits per heavy atom. The van der Waals surface area contributed by atoms with Gasteiger partial charge in [0.25, 0.3) is 0 Å². The van der Waals surface area contributed by atoms with Crippen LogP contribution in [0.25, 0.3) is 0 Å². The molecule has 0 fully saturated rings. The van der Waals surface area contributed by atoms with E-state index in [2.05, 4.69) is 5.43 Å². The molecule has 3 nitrogen and oxygen atoms in total. The van der Waals surface area contributed by atoms with E-state index in [-0.39, 0.29) is 11.9 Å². The molecular weight excluding hydrogens is 231 g/mol. The molecule has 0 aliphatic carbocycles. The summed E-state index contributed by atoms with van der Waals surface area (Å²) in [5.41, 5.74) is 3.79. The minimum absolute atomic E-state index is 0.218. The quantitative estimate of drug-likeness (QED) is 0.606. The monoisotopic (exact) mass is 254 g/mol. The second-order valence-electron chi connectivity index (χ2n) is 4.58. The molecule has 1 atom stereocenters. The van der Waals surface area contributed by atoms with Crippen LogP contribution in [-0.4, -0.2) is 12.7 Å². The summed E-state index contributed by atoms with van der Waals surface area (Å²) in [7, 11) is 1.67. The first-order valence-electron chi connectivity index (χ1n) is 6.32. The third-order valence-electron chi connectivity index (χ3n) is 3.83. The third kappa shape index (κ3) is 2.71. The van der Waals surface area contributed by atoms with Gasteiger partial charge in [-0.3, -0.25) is 11.3 Å². The van der Waals surface area contributed by atoms with Gasteiger partial charge in [-0.05, 0) is 37.0 Å². The number of nitrogens with one attached hydrogen (secondary N) is 1. The number of hydrazine groups is 1. The van der Waals surface area contributed by atoms with Crippen LogP contribution in [0.5, 0.6) is 0 Å². The third-order valence-corrected chi connectivity index (χ3v) is 3.83. The van der Waals surface area contributed by atoms with Crippen molar-refractivity contribution >= 4 is 0 Å². The van der Waals surface area contributed by atoms with Crippen LogP contribution >= 0.6 is 0 Å². The number of halogens is 1. The second-order valence-corrected chi connectivity index (χ2v) is 4.58. The van der Waals surface area contributed by atoms with E-state index in [0.29, 0.717) is 5.56 Å². The number of hydrogen-bond donors (Lipinski definition) is 2. The first-order chi connectivity index (χ1) is 8.54. The molecule has 0 saturated carbocycles. The zero-order valence-corrected chi connectivity index (χ0v) is 11.6. The van der Waals surface area contributed by atoms with Crippen molar-refractivity contribution in [2.75, 3.05) is 7.11 Å². The number of hydrogen-bond acceptors (Lipinski definition) is 3. The van der Waals surface area contributed by atoms with Crippen LogP contribution in [0.1, 0.15) is 43.9 Å². The van der Waals surface area contributed by atoms with E-state index >= 15 is 0 Å². The summed E-state index contributed by atoms with van der Waals surface area (Å²) < 4.78 is 19.3. The Hall–Kier alpha value is -0.970. The Morgan fingerprint density at radius 2 is 2.00 bits per heavy atom. The molecule has 1 aromatic carbocycles. The average Bonchev–Trinajstić information content (AvgIpc) is 2.40. The van der Waals surface area contributed by atoms with Crippen LogP contribution in [0.4, 0.5) is 4.39 Å². The zero-order valence-electron chi connectivity index (χ0n) is 11.6. The summed E-state index contributed by atoms with van der Waals surface area (Å²) in [6, 6.07) is 4.95. The van der Waals surface area contributed by atoms with E-state index in [9.17, 15) is 4.39 Å². The van der Waals surface area contributed by atoms with Gasteiger partial charge in [0.15, 0.2) is 0 Å². The maximum Gasteiger partial charge on any atom is 0.126 e. The minimum Gasteiger partial charge on any atom is -0.376 e. The smallest absolute Gasteiger partial charge is 0.126 e. The van der Waals surface area contributed by atoms with Crippen molar-refractivity contribution in [2.24, 2.45) is 5.84 Å². The summed E-state index contributed by atoms with van der Waals surface area (Å²) in [5.74, 6) is 5.44. The predicted molar refractivity (Wildman–Crippen MR) is 71.5 cm³/mol. The maximum atomic E-state index is 13.7. The summed E-state index contributed by atoms with van der Waals surface area (Å²) in [4.78, 5) is 0. The Morgan fingerprint density at radius 1 is 1.39 bits per heavy atom. The summed E-state index contributed by atoms with van der Waals surface area (Å²) in [6.45, 7) is 5.83. The highest BCUT2D eigenvalue weighted by Gasteiger charge is 2.36. The number of benzene rings is 1. The molecule has 0 radical (unpaired) electrons. The molecule has 18 heavy (non-hydrogen) atoms. The van der Waals surface area contributed by atoms with E-state index in [4.69, 9.17) is 10.6 Å². The molecule has 4 heteroatoms. The van der Waals surface area contributed by atoms with Gasteiger partial charge in [0, 0.05) is 7.11 Å². The fourth-order valence-electron chi connectivity index (χ4n) is 2.41. The first-order valence-corrected chi connectivity index (χ1v) is 6.32. The van der Waals surface area contributed by atoms with Crippen LogP contribution < -0.4 is 11.3 Å². The fourth-order valence-corrected chi connectivity index (χ4v) is 2.41. The molecule has 0 amide bonds. The Bertz CT molecular complexity index is 383. The highest BCUT2D eigenvalue weighted by Crippen LogP contribution is 2.34. The van der Waals surface area contributed by atoms with Crippen molar-refractivity contribution < 1.29 is 9.13 Å². The van der Waals surface area contributed by atoms with Gasteiger partial charge < -0.3 is 4.74 Å². The average molecular weight is 254 g/mol. The van der Waals surface area contributed by atoms with Crippen molar-refractivity contribution in [3.63, 3.8) is 0 Å². The predicted octanol–water partition coefficient (Wildman–Crippen LogP) is 2.84. The van der Waals surface area contributed by atoms with Gasteiger partial charge in [-0.15, -0.1) is 0 Å². The van der Waals surface area contributed by atoms with Gasteiger partial charge in [-0.1, -0.05) is 26.0 Å². The number of methoxy groups -OCH3 is 1. The lowest BCUT2D eigenvalue weighted by molar-refractivity contribution is -0.0487. The molecule has 0 aliphatic heterocycles. The Balaban J connectivity index is 3.19. The Labute approximate surface area is 108 Å². The summed E-state index contributed by atoms with van der Waals surface area (Å²) in [6.07, 6.45) is 1.59. The van der Waals surface area contributed by atoms with Crippen molar-refractivity contribution in [3.8, 4) is 0 Å². The van der Waals surface area contributed by atoms with Crippen LogP contribution in [0.3, 0.4) is 0 Å². The molecule has 102 valence electrons. The molecule has 1 aromatic rings. The number of nitrogens with two attached hydrogens (primary N) is 1. The van der Waals surface area contributed by atoms with E-state index in [1.165, 1.54) is 6.07 Å². The SMILES string of the molecule is CCC(CC)(OC)C(NN)c1ccc(C)c(F)c1. The summed E-state index contributed by atoms with van der Waals surface area (Å²) in [5, 5.41) is 0. The number of rotatable bonds is 6. The van der Waals surface area contributed by atoms with Crippen molar-refractivity contribution in [1.82, 2.24) is 5.43 Å². The molecule has 0 saturated heterocycles. The maximum absolute atomic E-state index is 13.7. The largest absolute Gasteiger partial charge is 0.376 e. The standard InChI is InChI=1S/C14H23FN2O/c1-5-14(6-2,18-4)13(17-16)11-8-7-10(3)12(15)9-11/h7-9,13,17H,5-6,16H2,1-4H3. The zero-order chi connectivity index (χ0) is 13.8. The van der Waals surface area contributed by atoms with E-state index in [1.54, 1.807) is 20.1 Å². The highest BCUT2D eigenvalue weighted by atomic mass is 19.1. The molecule has 0 aliphatic rings. The molecule has 0 spiro atoms. The molecule has 0 heterocycles. The molecule has 0 aromatic heterocycles. The van der Waals surface area contributed by atoms with Gasteiger partial charge in [-0.25, -0.2) is 4.39 Å². The van der Waals surface area contributed by atoms with Gasteiger partial charge in [0.1, 0.15) is 5.82 Å². The van der Waals surface area contributed by atoms with E-state index in [1.807, 2.05) is 19.9 Å². The van der Waals surface area contributed by atoms with Gasteiger partial charge in [0.2, 0.25) is 0 Å². The first kappa shape index (κ1) is 15.1. The van der Waals surface area contributed by atoms with Crippen molar-refractivity contribution in [2.45, 2.75) is 45.3 Å². The van der Waals surface area contributed by atoms with Crippen molar-refractivity contribution in [3.05, 3.63) is 35.1 Å². The second kappa shape index (κ2) is 6.27. The van der Waals surface area contributed by atoms with E-state index in [0.717, 1.165) is 18.4 Å². The molecule has 3 N–H and O–H groups in total. The molecule has 1 rings (SSSR count). The highest BCUT2D eigenvalue weighted by molar-refractivity contribution is 5.27. The molecule has 0 bridgehead atoms. The normalized spacial score (nSPS) is 13.7. The number of ether oxygens (including phenoxy) is 1.